The molecule has 1 aromatic carbocycles. The largest absolute Gasteiger partial charge is 0.477 e. The number of nitrogens with one attached hydrogen (secondary N) is 1. The molecule has 8 nitrogen and oxygen atoms in total. The van der Waals surface area contributed by atoms with Gasteiger partial charge in [0.25, 0.3) is 0 Å². The van der Waals surface area contributed by atoms with Gasteiger partial charge in [-0.15, -0.1) is 10.2 Å². The van der Waals surface area contributed by atoms with Gasteiger partial charge in [-0.2, -0.15) is 0 Å². The number of rotatable bonds is 5. The fourth-order valence-corrected chi connectivity index (χ4v) is 3.33. The van der Waals surface area contributed by atoms with Crippen LogP contribution in [-0.4, -0.2) is 38.3 Å². The van der Waals surface area contributed by atoms with E-state index >= 15 is 0 Å². The lowest BCUT2D eigenvalue weighted by atomic mass is 10.3. The Morgan fingerprint density at radius 1 is 1.00 bits per heavy atom. The number of benzene rings is 1. The van der Waals surface area contributed by atoms with Gasteiger partial charge in [0.1, 0.15) is 5.82 Å². The summed E-state index contributed by atoms with van der Waals surface area (Å²) in [5, 5.41) is 21.3. The number of nitrogens with zero attached hydrogens (tertiary/aromatic N) is 5. The quantitative estimate of drug-likeness (QED) is 0.542. The third kappa shape index (κ3) is 3.53. The van der Waals surface area contributed by atoms with Crippen molar-refractivity contribution in [2.75, 3.05) is 17.3 Å². The van der Waals surface area contributed by atoms with E-state index in [9.17, 15) is 4.79 Å². The normalized spacial score (nSPS) is 10.7. The molecule has 0 aliphatic rings. The summed E-state index contributed by atoms with van der Waals surface area (Å²) in [5.74, 6) is 0.501. The zero-order chi connectivity index (χ0) is 18.8. The molecule has 9 heteroatoms. The van der Waals surface area contributed by atoms with Crippen molar-refractivity contribution < 1.29 is 9.90 Å². The Hall–Kier alpha value is -3.59. The summed E-state index contributed by atoms with van der Waals surface area (Å²) in [6.45, 7) is 0. The number of fused-ring (bicyclic) bond motifs is 1. The fourth-order valence-electron chi connectivity index (χ4n) is 2.45. The first-order chi connectivity index (χ1) is 13.1. The van der Waals surface area contributed by atoms with E-state index in [1.54, 1.807) is 36.2 Å². The Morgan fingerprint density at radius 2 is 1.85 bits per heavy atom. The SMILES string of the molecule is CN(c1ccc(Nc2nc3ccccc3s2)nn1)c1cccc(C(=O)O)n1. The highest BCUT2D eigenvalue weighted by atomic mass is 32.1. The average molecular weight is 378 g/mol. The van der Waals surface area contributed by atoms with Crippen LogP contribution in [0.15, 0.2) is 54.6 Å². The Kier molecular flexibility index (Phi) is 4.35. The Bertz CT molecular complexity index is 1080. The number of anilines is 4. The number of aromatic nitrogens is 4. The average Bonchev–Trinajstić information content (AvgIpc) is 3.10. The first kappa shape index (κ1) is 16.9. The lowest BCUT2D eigenvalue weighted by Gasteiger charge is -2.16. The molecule has 4 rings (SSSR count). The summed E-state index contributed by atoms with van der Waals surface area (Å²) < 4.78 is 1.09. The number of carboxylic acids is 1. The smallest absolute Gasteiger partial charge is 0.354 e. The maximum atomic E-state index is 11.1. The zero-order valence-corrected chi connectivity index (χ0v) is 15.0. The van der Waals surface area contributed by atoms with Gasteiger partial charge in [-0.25, -0.2) is 14.8 Å². The standard InChI is InChI=1S/C18H14N6O2S/c1-24(15-8-4-6-12(19-15)17(25)26)16-10-9-14(22-23-16)21-18-20-11-5-2-3-7-13(11)27-18/h2-10H,1H3,(H,25,26)(H,20,21,22). The number of pyridine rings is 1. The van der Waals surface area contributed by atoms with Gasteiger partial charge >= 0.3 is 5.97 Å². The topological polar surface area (TPSA) is 104 Å². The molecule has 3 heterocycles. The van der Waals surface area contributed by atoms with Crippen LogP contribution < -0.4 is 10.2 Å². The van der Waals surface area contributed by atoms with Crippen LogP contribution in [0.1, 0.15) is 10.5 Å². The van der Waals surface area contributed by atoms with Crippen LogP contribution in [0.5, 0.6) is 0 Å². The van der Waals surface area contributed by atoms with Crippen LogP contribution in [-0.2, 0) is 0 Å². The molecule has 0 radical (unpaired) electrons. The van der Waals surface area contributed by atoms with Crippen molar-refractivity contribution in [2.45, 2.75) is 0 Å². The first-order valence-corrected chi connectivity index (χ1v) is 8.82. The summed E-state index contributed by atoms with van der Waals surface area (Å²) in [5.41, 5.74) is 0.903. The molecule has 0 spiro atoms. The zero-order valence-electron chi connectivity index (χ0n) is 14.2. The highest BCUT2D eigenvalue weighted by molar-refractivity contribution is 7.22. The maximum absolute atomic E-state index is 11.1. The fraction of sp³-hybridized carbons (Fsp3) is 0.0556. The van der Waals surface area contributed by atoms with Crippen LogP contribution >= 0.6 is 11.3 Å². The highest BCUT2D eigenvalue weighted by Gasteiger charge is 2.12. The molecule has 0 aliphatic heterocycles. The van der Waals surface area contributed by atoms with E-state index in [-0.39, 0.29) is 5.69 Å². The van der Waals surface area contributed by atoms with Gasteiger partial charge < -0.3 is 15.3 Å². The van der Waals surface area contributed by atoms with Crippen molar-refractivity contribution in [1.82, 2.24) is 20.2 Å². The second kappa shape index (κ2) is 6.96. The van der Waals surface area contributed by atoms with Crippen molar-refractivity contribution in [2.24, 2.45) is 0 Å². The van der Waals surface area contributed by atoms with E-state index in [1.165, 1.54) is 17.4 Å². The summed E-state index contributed by atoms with van der Waals surface area (Å²) in [6.07, 6.45) is 0. The number of carbonyl (C=O) groups is 1. The molecule has 0 bridgehead atoms. The van der Waals surface area contributed by atoms with E-state index in [2.05, 4.69) is 25.5 Å². The van der Waals surface area contributed by atoms with Gasteiger partial charge in [0, 0.05) is 7.05 Å². The van der Waals surface area contributed by atoms with Gasteiger partial charge in [-0.3, -0.25) is 0 Å². The van der Waals surface area contributed by atoms with Gasteiger partial charge in [0.2, 0.25) is 0 Å². The van der Waals surface area contributed by atoms with Gasteiger partial charge in [0.05, 0.1) is 10.2 Å². The third-order valence-corrected chi connectivity index (χ3v) is 4.77. The van der Waals surface area contributed by atoms with E-state index < -0.39 is 5.97 Å². The monoisotopic (exact) mass is 378 g/mol. The van der Waals surface area contributed by atoms with E-state index in [0.29, 0.717) is 17.5 Å². The molecule has 0 saturated heterocycles. The number of thiazole rings is 1. The lowest BCUT2D eigenvalue weighted by molar-refractivity contribution is 0.0690. The second-order valence-electron chi connectivity index (χ2n) is 5.63. The first-order valence-electron chi connectivity index (χ1n) is 8.00. The van der Waals surface area contributed by atoms with Crippen LogP contribution in [0.25, 0.3) is 10.2 Å². The molecule has 0 amide bonds. The Morgan fingerprint density at radius 3 is 2.59 bits per heavy atom. The summed E-state index contributed by atoms with van der Waals surface area (Å²) in [6, 6.07) is 16.2. The number of hydrogen-bond acceptors (Lipinski definition) is 8. The number of aromatic carboxylic acids is 1. The lowest BCUT2D eigenvalue weighted by Crippen LogP contribution is -2.15. The Balaban J connectivity index is 1.53. The summed E-state index contributed by atoms with van der Waals surface area (Å²) in [7, 11) is 1.75. The molecule has 2 N–H and O–H groups in total. The molecular formula is C18H14N6O2S. The van der Waals surface area contributed by atoms with Crippen LogP contribution in [0.4, 0.5) is 22.6 Å². The molecule has 4 aromatic rings. The van der Waals surface area contributed by atoms with Crippen LogP contribution in [0, 0.1) is 0 Å². The molecule has 0 fully saturated rings. The second-order valence-corrected chi connectivity index (χ2v) is 6.66. The minimum Gasteiger partial charge on any atom is -0.477 e. The van der Waals surface area contributed by atoms with Crippen molar-refractivity contribution in [1.29, 1.82) is 0 Å². The summed E-state index contributed by atoms with van der Waals surface area (Å²) in [4.78, 5) is 21.3. The third-order valence-electron chi connectivity index (χ3n) is 3.82. The van der Waals surface area contributed by atoms with E-state index in [4.69, 9.17) is 5.11 Å². The number of carboxylic acid groups (broad SMARTS) is 1. The molecule has 0 atom stereocenters. The molecular weight excluding hydrogens is 364 g/mol. The van der Waals surface area contributed by atoms with Crippen molar-refractivity contribution >= 4 is 50.1 Å². The maximum Gasteiger partial charge on any atom is 0.354 e. The minimum atomic E-state index is -1.08. The molecule has 27 heavy (non-hydrogen) atoms. The molecule has 0 unspecified atom stereocenters. The number of hydrogen-bond donors (Lipinski definition) is 2. The van der Waals surface area contributed by atoms with Gasteiger partial charge in [-0.1, -0.05) is 29.5 Å². The number of para-hydroxylation sites is 1. The predicted octanol–water partition coefficient (Wildman–Crippen LogP) is 3.69. The molecule has 0 aliphatic carbocycles. The predicted molar refractivity (Wildman–Crippen MR) is 104 cm³/mol. The Labute approximate surface area is 158 Å². The molecule has 134 valence electrons. The highest BCUT2D eigenvalue weighted by Crippen LogP contribution is 2.28. The van der Waals surface area contributed by atoms with Crippen molar-refractivity contribution in [3.8, 4) is 0 Å². The van der Waals surface area contributed by atoms with Gasteiger partial charge in [0.15, 0.2) is 22.5 Å². The minimum absolute atomic E-state index is 0.0265. The summed E-state index contributed by atoms with van der Waals surface area (Å²) >= 11 is 1.54. The van der Waals surface area contributed by atoms with E-state index in [0.717, 1.165) is 15.3 Å². The molecule has 0 saturated carbocycles. The molecule has 3 aromatic heterocycles. The van der Waals surface area contributed by atoms with Crippen molar-refractivity contribution in [3.63, 3.8) is 0 Å². The van der Waals surface area contributed by atoms with E-state index in [1.807, 2.05) is 24.3 Å². The van der Waals surface area contributed by atoms with Crippen LogP contribution in [0.2, 0.25) is 0 Å². The van der Waals surface area contributed by atoms with Crippen LogP contribution in [0.3, 0.4) is 0 Å². The van der Waals surface area contributed by atoms with Crippen molar-refractivity contribution in [3.05, 3.63) is 60.3 Å². The van der Waals surface area contributed by atoms with Gasteiger partial charge in [-0.05, 0) is 36.4 Å².